The van der Waals surface area contributed by atoms with E-state index >= 15 is 0 Å². The van der Waals surface area contributed by atoms with Crippen LogP contribution in [0.5, 0.6) is 5.75 Å². The summed E-state index contributed by atoms with van der Waals surface area (Å²) in [6.45, 7) is 3.38. The zero-order valence-electron chi connectivity index (χ0n) is 11.7. The average Bonchev–Trinajstić information content (AvgIpc) is 2.51. The van der Waals surface area contributed by atoms with Crippen molar-refractivity contribution in [2.75, 3.05) is 19.7 Å². The van der Waals surface area contributed by atoms with Crippen molar-refractivity contribution in [3.8, 4) is 5.75 Å². The summed E-state index contributed by atoms with van der Waals surface area (Å²) in [4.78, 5) is 2.38. The van der Waals surface area contributed by atoms with E-state index in [-0.39, 0.29) is 11.9 Å². The van der Waals surface area contributed by atoms with E-state index in [2.05, 4.69) is 29.2 Å². The van der Waals surface area contributed by atoms with E-state index in [4.69, 9.17) is 16.3 Å². The van der Waals surface area contributed by atoms with Crippen molar-refractivity contribution in [3.05, 3.63) is 64.7 Å². The molecule has 1 aliphatic heterocycles. The highest BCUT2D eigenvalue weighted by Gasteiger charge is 2.22. The quantitative estimate of drug-likeness (QED) is 0.940. The molecule has 1 N–H and O–H groups in total. The molecule has 0 unspecified atom stereocenters. The van der Waals surface area contributed by atoms with Gasteiger partial charge in [-0.2, -0.15) is 0 Å². The van der Waals surface area contributed by atoms with Gasteiger partial charge in [-0.05, 0) is 23.3 Å². The number of ether oxygens (including phenoxy) is 1. The van der Waals surface area contributed by atoms with Crippen molar-refractivity contribution in [3.63, 3.8) is 0 Å². The fourth-order valence-corrected chi connectivity index (χ4v) is 2.80. The number of morpholine rings is 1. The highest BCUT2D eigenvalue weighted by Crippen LogP contribution is 2.30. The van der Waals surface area contributed by atoms with Crippen LogP contribution in [0.2, 0.25) is 5.02 Å². The third-order valence-electron chi connectivity index (χ3n) is 3.74. The zero-order chi connectivity index (χ0) is 14.7. The molecule has 21 heavy (non-hydrogen) atoms. The minimum absolute atomic E-state index is 0.000521. The summed E-state index contributed by atoms with van der Waals surface area (Å²) in [5.74, 6) is 0.109. The van der Waals surface area contributed by atoms with Crippen molar-refractivity contribution in [1.29, 1.82) is 0 Å². The van der Waals surface area contributed by atoms with Gasteiger partial charge >= 0.3 is 0 Å². The Bertz CT molecular complexity index is 603. The van der Waals surface area contributed by atoms with Crippen LogP contribution in [0.1, 0.15) is 17.2 Å². The molecule has 1 heterocycles. The first kappa shape index (κ1) is 14.4. The molecule has 110 valence electrons. The lowest BCUT2D eigenvalue weighted by Gasteiger charge is -2.33. The van der Waals surface area contributed by atoms with Gasteiger partial charge in [0.15, 0.2) is 0 Å². The fourth-order valence-electron chi connectivity index (χ4n) is 2.61. The highest BCUT2D eigenvalue weighted by atomic mass is 35.5. The van der Waals surface area contributed by atoms with Crippen LogP contribution in [0.4, 0.5) is 0 Å². The molecule has 1 atom stereocenters. The normalized spacial score (nSPS) is 19.6. The number of halogens is 1. The minimum Gasteiger partial charge on any atom is -0.506 e. The Morgan fingerprint density at radius 2 is 2.00 bits per heavy atom. The van der Waals surface area contributed by atoms with E-state index in [9.17, 15) is 5.11 Å². The lowest BCUT2D eigenvalue weighted by atomic mass is 10.1. The van der Waals surface area contributed by atoms with Gasteiger partial charge in [-0.25, -0.2) is 0 Å². The zero-order valence-corrected chi connectivity index (χ0v) is 12.5. The first-order valence-corrected chi connectivity index (χ1v) is 7.46. The first-order valence-electron chi connectivity index (χ1n) is 7.08. The van der Waals surface area contributed by atoms with Gasteiger partial charge in [-0.3, -0.25) is 4.90 Å². The van der Waals surface area contributed by atoms with E-state index in [0.717, 1.165) is 25.2 Å². The Morgan fingerprint density at radius 1 is 1.19 bits per heavy atom. The monoisotopic (exact) mass is 303 g/mol. The number of hydrogen-bond donors (Lipinski definition) is 1. The summed E-state index contributed by atoms with van der Waals surface area (Å²) in [7, 11) is 0. The maximum atomic E-state index is 9.51. The average molecular weight is 304 g/mol. The van der Waals surface area contributed by atoms with Crippen LogP contribution >= 0.6 is 11.6 Å². The van der Waals surface area contributed by atoms with Gasteiger partial charge in [0, 0.05) is 19.6 Å². The second kappa shape index (κ2) is 6.48. The molecule has 2 aromatic carbocycles. The number of phenolic OH excluding ortho intramolecular Hbond substituents is 1. The lowest BCUT2D eigenvalue weighted by Crippen LogP contribution is -2.37. The Morgan fingerprint density at radius 3 is 2.76 bits per heavy atom. The van der Waals surface area contributed by atoms with Crippen molar-refractivity contribution in [2.45, 2.75) is 12.6 Å². The standard InChI is InChI=1S/C17H18ClNO2/c18-15-10-14(6-7-16(15)20)17-12-19(8-9-21-17)11-13-4-2-1-3-5-13/h1-7,10,17,20H,8-9,11-12H2/t17-/m1/s1. The summed E-state index contributed by atoms with van der Waals surface area (Å²) < 4.78 is 5.84. The minimum atomic E-state index is 0.000521. The van der Waals surface area contributed by atoms with Crippen molar-refractivity contribution < 1.29 is 9.84 Å². The van der Waals surface area contributed by atoms with Crippen LogP contribution in [-0.2, 0) is 11.3 Å². The Balaban J connectivity index is 1.69. The maximum Gasteiger partial charge on any atom is 0.134 e. The molecule has 1 saturated heterocycles. The lowest BCUT2D eigenvalue weighted by molar-refractivity contribution is -0.0329. The molecule has 0 aromatic heterocycles. The van der Waals surface area contributed by atoms with Crippen LogP contribution in [-0.4, -0.2) is 29.7 Å². The van der Waals surface area contributed by atoms with Crippen LogP contribution in [0, 0.1) is 0 Å². The third kappa shape index (κ3) is 3.56. The predicted molar refractivity (Wildman–Crippen MR) is 83.5 cm³/mol. The van der Waals surface area contributed by atoms with E-state index in [1.165, 1.54) is 5.56 Å². The largest absolute Gasteiger partial charge is 0.506 e. The molecular weight excluding hydrogens is 286 g/mol. The maximum absolute atomic E-state index is 9.51. The van der Waals surface area contributed by atoms with Crippen molar-refractivity contribution >= 4 is 11.6 Å². The molecule has 0 bridgehead atoms. The van der Waals surface area contributed by atoms with Gasteiger partial charge in [0.1, 0.15) is 5.75 Å². The summed E-state index contributed by atoms with van der Waals surface area (Å²) >= 11 is 5.98. The number of benzene rings is 2. The van der Waals surface area contributed by atoms with Crippen LogP contribution in [0.3, 0.4) is 0 Å². The second-order valence-electron chi connectivity index (χ2n) is 5.29. The van der Waals surface area contributed by atoms with E-state index in [1.54, 1.807) is 12.1 Å². The van der Waals surface area contributed by atoms with Gasteiger partial charge in [-0.1, -0.05) is 48.0 Å². The number of aromatic hydroxyl groups is 1. The molecule has 1 aliphatic rings. The smallest absolute Gasteiger partial charge is 0.134 e. The molecule has 0 spiro atoms. The summed E-state index contributed by atoms with van der Waals surface area (Å²) in [6, 6.07) is 15.7. The number of nitrogens with zero attached hydrogens (tertiary/aromatic N) is 1. The number of hydrogen-bond acceptors (Lipinski definition) is 3. The van der Waals surface area contributed by atoms with Crippen LogP contribution < -0.4 is 0 Å². The van der Waals surface area contributed by atoms with Crippen molar-refractivity contribution in [2.24, 2.45) is 0 Å². The van der Waals surface area contributed by atoms with Gasteiger partial charge in [0.05, 0.1) is 17.7 Å². The molecule has 1 fully saturated rings. The number of phenols is 1. The molecule has 3 rings (SSSR count). The Hall–Kier alpha value is -1.55. The molecule has 3 nitrogen and oxygen atoms in total. The predicted octanol–water partition coefficient (Wildman–Crippen LogP) is 3.62. The third-order valence-corrected chi connectivity index (χ3v) is 4.05. The van der Waals surface area contributed by atoms with Crippen molar-refractivity contribution in [1.82, 2.24) is 4.90 Å². The summed E-state index contributed by atoms with van der Waals surface area (Å²) in [5, 5.41) is 9.88. The van der Waals surface area contributed by atoms with E-state index < -0.39 is 0 Å². The molecule has 2 aromatic rings. The summed E-state index contributed by atoms with van der Waals surface area (Å²) in [5.41, 5.74) is 2.32. The van der Waals surface area contributed by atoms with Gasteiger partial charge in [-0.15, -0.1) is 0 Å². The van der Waals surface area contributed by atoms with Crippen LogP contribution in [0.25, 0.3) is 0 Å². The second-order valence-corrected chi connectivity index (χ2v) is 5.70. The fraction of sp³-hybridized carbons (Fsp3) is 0.294. The van der Waals surface area contributed by atoms with E-state index in [1.807, 2.05) is 12.1 Å². The summed E-state index contributed by atoms with van der Waals surface area (Å²) in [6.07, 6.45) is 0.000521. The van der Waals surface area contributed by atoms with Gasteiger partial charge in [0.25, 0.3) is 0 Å². The van der Waals surface area contributed by atoms with Gasteiger partial charge in [0.2, 0.25) is 0 Å². The van der Waals surface area contributed by atoms with E-state index in [0.29, 0.717) is 11.6 Å². The number of rotatable bonds is 3. The molecule has 0 aliphatic carbocycles. The molecule has 0 saturated carbocycles. The highest BCUT2D eigenvalue weighted by molar-refractivity contribution is 6.32. The molecule has 0 amide bonds. The Labute approximate surface area is 129 Å². The topological polar surface area (TPSA) is 32.7 Å². The SMILES string of the molecule is Oc1ccc([C@H]2CN(Cc3ccccc3)CCO2)cc1Cl. The van der Waals surface area contributed by atoms with Crippen LogP contribution in [0.15, 0.2) is 48.5 Å². The molecular formula is C17H18ClNO2. The molecule has 4 heteroatoms. The van der Waals surface area contributed by atoms with Gasteiger partial charge < -0.3 is 9.84 Å². The Kier molecular flexibility index (Phi) is 4.44. The first-order chi connectivity index (χ1) is 10.2. The molecule has 0 radical (unpaired) electrons.